The zero-order valence-electron chi connectivity index (χ0n) is 11.9. The van der Waals surface area contributed by atoms with E-state index in [0.717, 1.165) is 23.4 Å². The van der Waals surface area contributed by atoms with Crippen molar-refractivity contribution >= 4 is 17.6 Å². The maximum Gasteiger partial charge on any atom is 0.344 e. The molecule has 1 saturated carbocycles. The number of nitrogens with two attached hydrogens (primary N) is 1. The minimum absolute atomic E-state index is 0.167. The van der Waals surface area contributed by atoms with Crippen molar-refractivity contribution in [3.63, 3.8) is 0 Å². The van der Waals surface area contributed by atoms with Crippen LogP contribution in [0.25, 0.3) is 0 Å². The Morgan fingerprint density at radius 1 is 1.48 bits per heavy atom. The van der Waals surface area contributed by atoms with Crippen molar-refractivity contribution in [2.24, 2.45) is 5.84 Å². The summed E-state index contributed by atoms with van der Waals surface area (Å²) in [5, 5.41) is 8.00. The van der Waals surface area contributed by atoms with Gasteiger partial charge in [0.2, 0.25) is 0 Å². The number of nitrogens with one attached hydrogen (secondary N) is 2. The van der Waals surface area contributed by atoms with Crippen LogP contribution >= 0.6 is 11.8 Å². The Labute approximate surface area is 125 Å². The van der Waals surface area contributed by atoms with Crippen LogP contribution in [-0.2, 0) is 6.42 Å². The summed E-state index contributed by atoms with van der Waals surface area (Å²) in [6.45, 7) is 3.87. The number of aromatic amines is 1. The lowest BCUT2D eigenvalue weighted by Crippen LogP contribution is -2.16. The number of anilines is 1. The first-order chi connectivity index (χ1) is 10.1. The lowest BCUT2D eigenvalue weighted by molar-refractivity contribution is 0.642. The van der Waals surface area contributed by atoms with Crippen LogP contribution in [0.1, 0.15) is 37.2 Å². The number of hydrazine groups is 1. The van der Waals surface area contributed by atoms with Crippen LogP contribution in [0.15, 0.2) is 15.0 Å². The monoisotopic (exact) mass is 307 g/mol. The molecular formula is C12H17N7OS. The van der Waals surface area contributed by atoms with Gasteiger partial charge in [0.05, 0.1) is 0 Å². The molecule has 8 nitrogen and oxygen atoms in total. The first-order valence-electron chi connectivity index (χ1n) is 6.83. The van der Waals surface area contributed by atoms with Crippen molar-refractivity contribution in [1.82, 2.24) is 24.7 Å². The molecule has 0 unspecified atom stereocenters. The molecule has 0 spiro atoms. The highest BCUT2D eigenvalue weighted by atomic mass is 32.2. The summed E-state index contributed by atoms with van der Waals surface area (Å²) in [6.07, 6.45) is 2.75. The predicted molar refractivity (Wildman–Crippen MR) is 79.2 cm³/mol. The Morgan fingerprint density at radius 3 is 2.86 bits per heavy atom. The van der Waals surface area contributed by atoms with E-state index in [1.165, 1.54) is 11.8 Å². The minimum Gasteiger partial charge on any atom is -0.308 e. The van der Waals surface area contributed by atoms with Gasteiger partial charge in [0, 0.05) is 18.0 Å². The van der Waals surface area contributed by atoms with Gasteiger partial charge < -0.3 is 5.43 Å². The van der Waals surface area contributed by atoms with Crippen molar-refractivity contribution in [2.75, 3.05) is 5.43 Å². The van der Waals surface area contributed by atoms with Crippen LogP contribution in [0.5, 0.6) is 0 Å². The van der Waals surface area contributed by atoms with E-state index in [1.54, 1.807) is 4.57 Å². The largest absolute Gasteiger partial charge is 0.344 e. The normalized spacial score (nSPS) is 14.4. The number of nitrogens with zero attached hydrogens (tertiary/aromatic N) is 4. The highest BCUT2D eigenvalue weighted by Gasteiger charge is 2.29. The second-order valence-corrected chi connectivity index (χ2v) is 5.89. The van der Waals surface area contributed by atoms with E-state index in [2.05, 4.69) is 25.6 Å². The van der Waals surface area contributed by atoms with Gasteiger partial charge in [-0.25, -0.2) is 25.7 Å². The molecule has 0 aromatic carbocycles. The zero-order valence-corrected chi connectivity index (χ0v) is 12.7. The fourth-order valence-corrected chi connectivity index (χ4v) is 3.04. The molecular weight excluding hydrogens is 290 g/mol. The molecule has 0 aliphatic heterocycles. The van der Waals surface area contributed by atoms with E-state index >= 15 is 0 Å². The highest BCUT2D eigenvalue weighted by molar-refractivity contribution is 7.99. The topological polar surface area (TPSA) is 115 Å². The molecule has 2 aromatic heterocycles. The maximum atomic E-state index is 11.8. The number of rotatable bonds is 5. The molecule has 2 aromatic rings. The van der Waals surface area contributed by atoms with Gasteiger partial charge in [0.1, 0.15) is 16.7 Å². The molecule has 3 rings (SSSR count). The maximum absolute atomic E-state index is 11.8. The van der Waals surface area contributed by atoms with Crippen LogP contribution in [0.3, 0.4) is 0 Å². The van der Waals surface area contributed by atoms with E-state index in [0.29, 0.717) is 23.2 Å². The van der Waals surface area contributed by atoms with Crippen molar-refractivity contribution in [3.05, 3.63) is 21.9 Å². The average molecular weight is 307 g/mol. The molecule has 0 atom stereocenters. The van der Waals surface area contributed by atoms with Gasteiger partial charge in [-0.2, -0.15) is 0 Å². The van der Waals surface area contributed by atoms with E-state index in [4.69, 9.17) is 5.84 Å². The van der Waals surface area contributed by atoms with Gasteiger partial charge in [-0.1, -0.05) is 6.92 Å². The minimum atomic E-state index is -0.167. The molecule has 1 aliphatic carbocycles. The van der Waals surface area contributed by atoms with E-state index in [1.807, 2.05) is 13.8 Å². The SMILES string of the molecule is CCc1nc(NN)c(C)c(Sc2n[nH]c(=O)n2C2CC2)n1. The number of nitrogen functional groups attached to an aromatic ring is 1. The van der Waals surface area contributed by atoms with Gasteiger partial charge in [0.15, 0.2) is 5.16 Å². The zero-order chi connectivity index (χ0) is 15.0. The smallest absolute Gasteiger partial charge is 0.308 e. The Balaban J connectivity index is 2.00. The van der Waals surface area contributed by atoms with Gasteiger partial charge >= 0.3 is 5.69 Å². The second kappa shape index (κ2) is 5.49. The summed E-state index contributed by atoms with van der Waals surface area (Å²) in [5.41, 5.74) is 3.27. The molecule has 1 aliphatic rings. The number of aryl methyl sites for hydroxylation is 1. The molecule has 0 saturated heterocycles. The summed E-state index contributed by atoms with van der Waals surface area (Å²) in [7, 11) is 0. The van der Waals surface area contributed by atoms with Crippen molar-refractivity contribution in [1.29, 1.82) is 0 Å². The van der Waals surface area contributed by atoms with Crippen LogP contribution in [0, 0.1) is 6.92 Å². The van der Waals surface area contributed by atoms with Crippen molar-refractivity contribution in [3.8, 4) is 0 Å². The van der Waals surface area contributed by atoms with Crippen molar-refractivity contribution < 1.29 is 0 Å². The fourth-order valence-electron chi connectivity index (χ4n) is 2.04. The fraction of sp³-hybridized carbons (Fsp3) is 0.500. The predicted octanol–water partition coefficient (Wildman–Crippen LogP) is 1.00. The summed E-state index contributed by atoms with van der Waals surface area (Å²) >= 11 is 1.36. The number of H-pyrrole nitrogens is 1. The summed E-state index contributed by atoms with van der Waals surface area (Å²) in [4.78, 5) is 20.7. The lowest BCUT2D eigenvalue weighted by Gasteiger charge is -2.10. The van der Waals surface area contributed by atoms with Gasteiger partial charge in [0.25, 0.3) is 0 Å². The molecule has 0 radical (unpaired) electrons. The molecule has 1 fully saturated rings. The number of aromatic nitrogens is 5. The summed E-state index contributed by atoms with van der Waals surface area (Å²) < 4.78 is 1.70. The summed E-state index contributed by atoms with van der Waals surface area (Å²) in [6, 6.07) is 0.263. The van der Waals surface area contributed by atoms with Crippen LogP contribution in [-0.4, -0.2) is 24.7 Å². The summed E-state index contributed by atoms with van der Waals surface area (Å²) in [5.74, 6) is 6.80. The number of hydrogen-bond acceptors (Lipinski definition) is 7. The van der Waals surface area contributed by atoms with Gasteiger partial charge in [-0.3, -0.25) is 4.57 Å². The first-order valence-corrected chi connectivity index (χ1v) is 7.64. The molecule has 21 heavy (non-hydrogen) atoms. The molecule has 2 heterocycles. The Hall–Kier alpha value is -1.87. The third-order valence-electron chi connectivity index (χ3n) is 3.37. The highest BCUT2D eigenvalue weighted by Crippen LogP contribution is 2.38. The quantitative estimate of drug-likeness (QED) is 0.429. The van der Waals surface area contributed by atoms with E-state index in [9.17, 15) is 4.79 Å². The van der Waals surface area contributed by atoms with Gasteiger partial charge in [-0.05, 0) is 31.5 Å². The molecule has 9 heteroatoms. The van der Waals surface area contributed by atoms with E-state index < -0.39 is 0 Å². The average Bonchev–Trinajstić information content (AvgIpc) is 3.25. The Bertz CT molecular complexity index is 719. The Morgan fingerprint density at radius 2 is 2.24 bits per heavy atom. The van der Waals surface area contributed by atoms with Crippen molar-refractivity contribution in [2.45, 2.75) is 49.3 Å². The van der Waals surface area contributed by atoms with Crippen LogP contribution < -0.4 is 17.0 Å². The van der Waals surface area contributed by atoms with Crippen LogP contribution in [0.2, 0.25) is 0 Å². The standard InChI is InChI=1S/C12H17N7OS/c1-3-8-14-9(16-13)6(2)10(15-8)21-12-18-17-11(20)19(12)7-4-5-7/h7H,3-5,13H2,1-2H3,(H,17,20)(H,14,15,16). The van der Waals surface area contributed by atoms with Crippen LogP contribution in [0.4, 0.5) is 5.82 Å². The van der Waals surface area contributed by atoms with E-state index in [-0.39, 0.29) is 11.7 Å². The molecule has 112 valence electrons. The lowest BCUT2D eigenvalue weighted by atomic mass is 10.3. The first kappa shape index (κ1) is 14.1. The molecule has 4 N–H and O–H groups in total. The molecule has 0 amide bonds. The Kier molecular flexibility index (Phi) is 3.68. The third-order valence-corrected chi connectivity index (χ3v) is 4.43. The second-order valence-electron chi connectivity index (χ2n) is 4.93. The number of hydrogen-bond donors (Lipinski definition) is 3. The van der Waals surface area contributed by atoms with Gasteiger partial charge in [-0.15, -0.1) is 5.10 Å². The third kappa shape index (κ3) is 2.66. The molecule has 0 bridgehead atoms.